The van der Waals surface area contributed by atoms with Crippen molar-refractivity contribution >= 4 is 27.8 Å². The topological polar surface area (TPSA) is 3.24 Å². The van der Waals surface area contributed by atoms with Crippen molar-refractivity contribution in [1.82, 2.24) is 0 Å². The summed E-state index contributed by atoms with van der Waals surface area (Å²) in [5, 5.41) is 2.42. The molecule has 0 fully saturated rings. The third kappa shape index (κ3) is 5.19. The van der Waals surface area contributed by atoms with E-state index in [4.69, 9.17) is 2.74 Å². The molecular weight excluding hydrogens is 603 g/mol. The Morgan fingerprint density at radius 3 is 1.76 bits per heavy atom. The van der Waals surface area contributed by atoms with Crippen molar-refractivity contribution in [3.05, 3.63) is 199 Å². The zero-order valence-corrected chi connectivity index (χ0v) is 28.0. The van der Waals surface area contributed by atoms with Crippen molar-refractivity contribution in [2.45, 2.75) is 19.3 Å². The number of hydrogen-bond donors (Lipinski definition) is 0. The van der Waals surface area contributed by atoms with Crippen LogP contribution in [0.15, 0.2) is 188 Å². The second-order valence-corrected chi connectivity index (χ2v) is 13.5. The molecule has 50 heavy (non-hydrogen) atoms. The van der Waals surface area contributed by atoms with E-state index in [2.05, 4.69) is 129 Å². The predicted octanol–water partition coefficient (Wildman–Crippen LogP) is 13.6. The van der Waals surface area contributed by atoms with Gasteiger partial charge in [-0.2, -0.15) is 0 Å². The number of hydrogen-bond acceptors (Lipinski definition) is 1. The highest BCUT2D eigenvalue weighted by Gasteiger charge is 2.35. The molecule has 8 aromatic carbocycles. The molecule has 0 saturated heterocycles. The monoisotopic (exact) mass is 643 g/mol. The lowest BCUT2D eigenvalue weighted by molar-refractivity contribution is 0.660. The molecule has 8 aromatic rings. The van der Waals surface area contributed by atoms with Gasteiger partial charge in [-0.05, 0) is 115 Å². The summed E-state index contributed by atoms with van der Waals surface area (Å²) in [6.07, 6.45) is 0. The van der Waals surface area contributed by atoms with Crippen molar-refractivity contribution in [3.63, 3.8) is 0 Å². The van der Waals surface area contributed by atoms with E-state index < -0.39 is 0 Å². The van der Waals surface area contributed by atoms with Gasteiger partial charge < -0.3 is 4.90 Å². The highest BCUT2D eigenvalue weighted by atomic mass is 15.1. The molecule has 9 rings (SSSR count). The van der Waals surface area contributed by atoms with E-state index in [9.17, 15) is 2.74 Å². The van der Waals surface area contributed by atoms with Gasteiger partial charge in [0, 0.05) is 22.5 Å². The fraction of sp³-hybridized carbons (Fsp3) is 0.0612. The zero-order valence-electron chi connectivity index (χ0n) is 32.0. The van der Waals surface area contributed by atoms with E-state index in [0.717, 1.165) is 39.2 Å². The average Bonchev–Trinajstić information content (AvgIpc) is 3.44. The Bertz CT molecular complexity index is 2710. The van der Waals surface area contributed by atoms with Crippen molar-refractivity contribution < 1.29 is 5.48 Å². The van der Waals surface area contributed by atoms with Crippen LogP contribution >= 0.6 is 0 Å². The Kier molecular flexibility index (Phi) is 6.22. The molecular formula is C49H37N. The molecule has 0 spiro atoms. The molecule has 1 aliphatic carbocycles. The summed E-state index contributed by atoms with van der Waals surface area (Å²) in [5.41, 5.74) is 11.6. The van der Waals surface area contributed by atoms with E-state index in [1.165, 1.54) is 27.5 Å². The van der Waals surface area contributed by atoms with E-state index in [1.807, 2.05) is 53.4 Å². The largest absolute Gasteiger partial charge is 0.310 e. The van der Waals surface area contributed by atoms with Crippen LogP contribution in [-0.4, -0.2) is 0 Å². The third-order valence-electron chi connectivity index (χ3n) is 10.1. The summed E-state index contributed by atoms with van der Waals surface area (Å²) in [4.78, 5) is 1.89. The molecule has 0 unspecified atom stereocenters. The maximum Gasteiger partial charge on any atom is 0.0645 e. The molecule has 1 heteroatoms. The van der Waals surface area contributed by atoms with E-state index in [1.54, 1.807) is 0 Å². The molecule has 0 aliphatic heterocycles. The molecule has 1 nitrogen and oxygen atoms in total. The average molecular weight is 644 g/mol. The molecule has 0 N–H and O–H groups in total. The van der Waals surface area contributed by atoms with Gasteiger partial charge in [0.15, 0.2) is 0 Å². The van der Waals surface area contributed by atoms with Gasteiger partial charge in [0.25, 0.3) is 0 Å². The summed E-state index contributed by atoms with van der Waals surface area (Å²) in [7, 11) is 0. The van der Waals surface area contributed by atoms with Crippen molar-refractivity contribution in [3.8, 4) is 44.5 Å². The van der Waals surface area contributed by atoms with Gasteiger partial charge in [0.05, 0.1) is 5.48 Å². The highest BCUT2D eigenvalue weighted by molar-refractivity contribution is 5.89. The second kappa shape index (κ2) is 12.1. The van der Waals surface area contributed by atoms with E-state index in [-0.39, 0.29) is 35.3 Å². The highest BCUT2D eigenvalue weighted by Crippen LogP contribution is 2.50. The first kappa shape index (κ1) is 25.8. The number of nitrogens with zero attached hydrogens (tertiary/aromatic N) is 1. The minimum Gasteiger partial charge on any atom is -0.310 e. The fourth-order valence-electron chi connectivity index (χ4n) is 7.46. The number of rotatable bonds is 6. The number of fused-ring (bicyclic) bond motifs is 4. The summed E-state index contributed by atoms with van der Waals surface area (Å²) in [5.74, 6) is 0. The number of anilines is 3. The van der Waals surface area contributed by atoms with Crippen LogP contribution in [0.25, 0.3) is 55.3 Å². The predicted molar refractivity (Wildman–Crippen MR) is 213 cm³/mol. The molecule has 238 valence electrons. The third-order valence-corrected chi connectivity index (χ3v) is 10.1. The maximum atomic E-state index is 9.39. The SMILES string of the molecule is [2H]c1c([2H])c(N(c2ccc(-c3cccc(-c4ccc5ccccc5c4)c3)cc2)c2ccc3c(c2)C(C)(C)c2ccccc2-3)c([2H])c([2H])c1-c1ccccc1. The van der Waals surface area contributed by atoms with Crippen LogP contribution in [0.4, 0.5) is 17.1 Å². The van der Waals surface area contributed by atoms with Crippen LogP contribution in [0.1, 0.15) is 30.5 Å². The summed E-state index contributed by atoms with van der Waals surface area (Å²) in [6, 6.07) is 55.4. The lowest BCUT2D eigenvalue weighted by Crippen LogP contribution is -2.16. The standard InChI is InChI=1S/C49H37N/c1-49(2)47-18-9-8-17-45(47)46-30-29-44(33-48(46)49)50(42-25-21-36(22-26-42)34-11-4-3-5-12-34)43-27-23-37(24-28-43)39-15-10-16-40(31-39)41-20-19-35-13-6-7-14-38(35)32-41/h3-33H,1-2H3/i21D,22D,25D,26D. The van der Waals surface area contributed by atoms with Gasteiger partial charge in [-0.3, -0.25) is 0 Å². The second-order valence-electron chi connectivity index (χ2n) is 13.5. The van der Waals surface area contributed by atoms with Crippen LogP contribution < -0.4 is 4.90 Å². The Balaban J connectivity index is 1.18. The van der Waals surface area contributed by atoms with Gasteiger partial charge in [-0.1, -0.05) is 153 Å². The Morgan fingerprint density at radius 1 is 0.380 bits per heavy atom. The molecule has 0 bridgehead atoms. The van der Waals surface area contributed by atoms with Crippen LogP contribution in [-0.2, 0) is 5.41 Å². The summed E-state index contributed by atoms with van der Waals surface area (Å²) in [6.45, 7) is 4.47. The van der Waals surface area contributed by atoms with Crippen LogP contribution in [0.2, 0.25) is 0 Å². The lowest BCUT2D eigenvalue weighted by Gasteiger charge is -2.28. The normalized spacial score (nSPS) is 13.9. The maximum absolute atomic E-state index is 9.39. The van der Waals surface area contributed by atoms with Crippen molar-refractivity contribution in [2.24, 2.45) is 0 Å². The Morgan fingerprint density at radius 2 is 0.960 bits per heavy atom. The quantitative estimate of drug-likeness (QED) is 0.174. The van der Waals surface area contributed by atoms with Crippen molar-refractivity contribution in [2.75, 3.05) is 4.90 Å². The molecule has 0 radical (unpaired) electrons. The molecule has 0 atom stereocenters. The number of benzene rings is 8. The first-order valence-electron chi connectivity index (χ1n) is 19.1. The molecule has 1 aliphatic rings. The fourth-order valence-corrected chi connectivity index (χ4v) is 7.46. The van der Waals surface area contributed by atoms with Crippen LogP contribution in [0, 0.1) is 0 Å². The smallest absolute Gasteiger partial charge is 0.0645 e. The van der Waals surface area contributed by atoms with Gasteiger partial charge in [-0.15, -0.1) is 0 Å². The Labute approximate surface area is 300 Å². The molecule has 0 saturated carbocycles. The first-order chi connectivity index (χ1) is 26.2. The summed E-state index contributed by atoms with van der Waals surface area (Å²) < 4.78 is 37.1. The molecule has 0 aromatic heterocycles. The van der Waals surface area contributed by atoms with E-state index >= 15 is 0 Å². The summed E-state index contributed by atoms with van der Waals surface area (Å²) >= 11 is 0. The van der Waals surface area contributed by atoms with Gasteiger partial charge in [-0.25, -0.2) is 0 Å². The molecule has 0 heterocycles. The van der Waals surface area contributed by atoms with Crippen molar-refractivity contribution in [1.29, 1.82) is 0 Å². The van der Waals surface area contributed by atoms with Gasteiger partial charge in [0.1, 0.15) is 0 Å². The minimum absolute atomic E-state index is 0.0711. The van der Waals surface area contributed by atoms with Crippen LogP contribution in [0.5, 0.6) is 0 Å². The first-order valence-corrected chi connectivity index (χ1v) is 17.1. The minimum atomic E-state index is -0.264. The zero-order chi connectivity index (χ0) is 37.1. The van der Waals surface area contributed by atoms with Crippen LogP contribution in [0.3, 0.4) is 0 Å². The van der Waals surface area contributed by atoms with E-state index in [0.29, 0.717) is 11.1 Å². The van der Waals surface area contributed by atoms with Gasteiger partial charge in [0.2, 0.25) is 0 Å². The van der Waals surface area contributed by atoms with Gasteiger partial charge >= 0.3 is 0 Å². The Hall–Kier alpha value is -6.18. The lowest BCUT2D eigenvalue weighted by atomic mass is 9.82. The molecule has 0 amide bonds.